The predicted molar refractivity (Wildman–Crippen MR) is 81.4 cm³/mol. The number of nitrogens with zero attached hydrogens (tertiary/aromatic N) is 1. The second kappa shape index (κ2) is 4.60. The number of benzene rings is 1. The molecule has 0 bridgehead atoms. The smallest absolute Gasteiger partial charge is 0.289 e. The summed E-state index contributed by atoms with van der Waals surface area (Å²) >= 11 is 0. The highest BCUT2D eigenvalue weighted by Crippen LogP contribution is 2.36. The number of rotatable bonds is 1. The fraction of sp³-hybridized carbons (Fsp3) is 0.471. The highest BCUT2D eigenvalue weighted by Gasteiger charge is 2.42. The van der Waals surface area contributed by atoms with Gasteiger partial charge in [0.25, 0.3) is 5.91 Å². The molecule has 4 rings (SSSR count). The number of aryl methyl sites for hydroxylation is 1. The van der Waals surface area contributed by atoms with E-state index in [1.165, 1.54) is 12.0 Å². The Hall–Kier alpha value is -1.81. The van der Waals surface area contributed by atoms with Crippen molar-refractivity contribution in [3.05, 3.63) is 35.6 Å². The SMILES string of the molecule is Cc1ccc2oc(C(=O)N3CCC4(CCNC4)C3)cc2c1. The third kappa shape index (κ3) is 2.14. The van der Waals surface area contributed by atoms with Crippen molar-refractivity contribution in [2.45, 2.75) is 19.8 Å². The number of carbonyl (C=O) groups excluding carboxylic acids is 1. The van der Waals surface area contributed by atoms with Crippen LogP contribution in [0.15, 0.2) is 28.7 Å². The van der Waals surface area contributed by atoms with Crippen molar-refractivity contribution in [3.63, 3.8) is 0 Å². The highest BCUT2D eigenvalue weighted by molar-refractivity contribution is 5.96. The Bertz CT molecular complexity index is 698. The Labute approximate surface area is 124 Å². The average Bonchev–Trinajstić information content (AvgIpc) is 3.19. The summed E-state index contributed by atoms with van der Waals surface area (Å²) < 4.78 is 5.74. The number of carbonyl (C=O) groups is 1. The number of likely N-dealkylation sites (tertiary alicyclic amines) is 1. The molecule has 2 aliphatic rings. The normalized spacial score (nSPS) is 25.3. The molecule has 1 aromatic heterocycles. The molecular formula is C17H20N2O2. The lowest BCUT2D eigenvalue weighted by Crippen LogP contribution is -2.33. The maximum atomic E-state index is 12.7. The standard InChI is InChI=1S/C17H20N2O2/c1-12-2-3-14-13(8-12)9-15(21-14)16(20)19-7-5-17(11-19)4-6-18-10-17/h2-3,8-9,18H,4-7,10-11H2,1H3. The monoisotopic (exact) mass is 284 g/mol. The van der Waals surface area contributed by atoms with Gasteiger partial charge in [-0.1, -0.05) is 11.6 Å². The summed E-state index contributed by atoms with van der Waals surface area (Å²) in [6.45, 7) is 5.86. The molecule has 1 N–H and O–H groups in total. The van der Waals surface area contributed by atoms with Crippen molar-refractivity contribution in [1.29, 1.82) is 0 Å². The molecule has 2 aromatic rings. The Morgan fingerprint density at radius 2 is 2.24 bits per heavy atom. The van der Waals surface area contributed by atoms with Crippen LogP contribution in [-0.4, -0.2) is 37.0 Å². The molecule has 2 fully saturated rings. The minimum absolute atomic E-state index is 0.0348. The first-order chi connectivity index (χ1) is 10.2. The molecule has 0 saturated carbocycles. The van der Waals surface area contributed by atoms with Crippen molar-refractivity contribution in [2.24, 2.45) is 5.41 Å². The van der Waals surface area contributed by atoms with E-state index in [0.29, 0.717) is 11.2 Å². The van der Waals surface area contributed by atoms with Crippen molar-refractivity contribution in [1.82, 2.24) is 10.2 Å². The van der Waals surface area contributed by atoms with Gasteiger partial charge >= 0.3 is 0 Å². The number of hydrogen-bond donors (Lipinski definition) is 1. The van der Waals surface area contributed by atoms with E-state index >= 15 is 0 Å². The fourth-order valence-electron chi connectivity index (χ4n) is 3.68. The molecule has 1 spiro atoms. The van der Waals surface area contributed by atoms with Crippen LogP contribution >= 0.6 is 0 Å². The van der Waals surface area contributed by atoms with E-state index in [-0.39, 0.29) is 5.91 Å². The molecule has 3 heterocycles. The molecule has 4 nitrogen and oxygen atoms in total. The van der Waals surface area contributed by atoms with Crippen molar-refractivity contribution in [2.75, 3.05) is 26.2 Å². The van der Waals surface area contributed by atoms with E-state index in [1.807, 2.05) is 30.0 Å². The van der Waals surface area contributed by atoms with Gasteiger partial charge in [-0.3, -0.25) is 4.79 Å². The van der Waals surface area contributed by atoms with Crippen LogP contribution in [0, 0.1) is 12.3 Å². The summed E-state index contributed by atoms with van der Waals surface area (Å²) in [6, 6.07) is 7.88. The van der Waals surface area contributed by atoms with E-state index < -0.39 is 0 Å². The number of fused-ring (bicyclic) bond motifs is 1. The summed E-state index contributed by atoms with van der Waals surface area (Å²) in [7, 11) is 0. The third-order valence-corrected chi connectivity index (χ3v) is 4.94. The van der Waals surface area contributed by atoms with Crippen molar-refractivity contribution in [3.8, 4) is 0 Å². The lowest BCUT2D eigenvalue weighted by molar-refractivity contribution is 0.0746. The van der Waals surface area contributed by atoms with Gasteiger partial charge in [0.1, 0.15) is 5.58 Å². The Morgan fingerprint density at radius 1 is 1.33 bits per heavy atom. The molecule has 1 atom stereocenters. The summed E-state index contributed by atoms with van der Waals surface area (Å²) in [5.74, 6) is 0.506. The van der Waals surface area contributed by atoms with Crippen LogP contribution < -0.4 is 5.32 Å². The lowest BCUT2D eigenvalue weighted by Gasteiger charge is -2.22. The molecule has 2 saturated heterocycles. The molecule has 1 aromatic carbocycles. The first-order valence-electron chi connectivity index (χ1n) is 7.66. The van der Waals surface area contributed by atoms with Gasteiger partial charge in [0.05, 0.1) is 0 Å². The van der Waals surface area contributed by atoms with Gasteiger partial charge in [-0.15, -0.1) is 0 Å². The maximum Gasteiger partial charge on any atom is 0.289 e. The summed E-state index contributed by atoms with van der Waals surface area (Å²) in [5.41, 5.74) is 2.28. The molecule has 21 heavy (non-hydrogen) atoms. The fourth-order valence-corrected chi connectivity index (χ4v) is 3.68. The second-order valence-electron chi connectivity index (χ2n) is 6.56. The Balaban J connectivity index is 1.59. The van der Waals surface area contributed by atoms with Gasteiger partial charge in [0.15, 0.2) is 5.76 Å². The second-order valence-corrected chi connectivity index (χ2v) is 6.56. The quantitative estimate of drug-likeness (QED) is 0.875. The zero-order valence-corrected chi connectivity index (χ0v) is 12.3. The van der Waals surface area contributed by atoms with Crippen LogP contribution in [0.3, 0.4) is 0 Å². The first-order valence-corrected chi connectivity index (χ1v) is 7.66. The Morgan fingerprint density at radius 3 is 3.05 bits per heavy atom. The van der Waals surface area contributed by atoms with E-state index in [2.05, 4.69) is 11.4 Å². The average molecular weight is 284 g/mol. The van der Waals surface area contributed by atoms with Crippen LogP contribution in [-0.2, 0) is 0 Å². The predicted octanol–water partition coefficient (Wildman–Crippen LogP) is 2.57. The topological polar surface area (TPSA) is 45.5 Å². The van der Waals surface area contributed by atoms with Crippen LogP contribution in [0.25, 0.3) is 11.0 Å². The number of nitrogens with one attached hydrogen (secondary N) is 1. The van der Waals surface area contributed by atoms with Gasteiger partial charge < -0.3 is 14.6 Å². The van der Waals surface area contributed by atoms with Gasteiger partial charge in [0, 0.05) is 30.4 Å². The van der Waals surface area contributed by atoms with Crippen LogP contribution in [0.5, 0.6) is 0 Å². The largest absolute Gasteiger partial charge is 0.451 e. The zero-order chi connectivity index (χ0) is 14.4. The molecule has 110 valence electrons. The molecule has 2 aliphatic heterocycles. The number of amides is 1. The lowest BCUT2D eigenvalue weighted by atomic mass is 9.87. The zero-order valence-electron chi connectivity index (χ0n) is 12.3. The van der Waals surface area contributed by atoms with Gasteiger partial charge in [-0.25, -0.2) is 0 Å². The van der Waals surface area contributed by atoms with Crippen LogP contribution in [0.2, 0.25) is 0 Å². The maximum absolute atomic E-state index is 12.7. The minimum Gasteiger partial charge on any atom is -0.451 e. The summed E-state index contributed by atoms with van der Waals surface area (Å²) in [4.78, 5) is 14.6. The van der Waals surface area contributed by atoms with Gasteiger partial charge in [0.2, 0.25) is 0 Å². The Kier molecular flexibility index (Phi) is 2.82. The molecule has 4 heteroatoms. The van der Waals surface area contributed by atoms with Crippen molar-refractivity contribution >= 4 is 16.9 Å². The van der Waals surface area contributed by atoms with Crippen LogP contribution in [0.1, 0.15) is 29.0 Å². The van der Waals surface area contributed by atoms with Crippen LogP contribution in [0.4, 0.5) is 0 Å². The van der Waals surface area contributed by atoms with Gasteiger partial charge in [-0.05, 0) is 44.5 Å². The van der Waals surface area contributed by atoms with E-state index in [9.17, 15) is 4.79 Å². The van der Waals surface area contributed by atoms with Gasteiger partial charge in [-0.2, -0.15) is 0 Å². The molecule has 0 aliphatic carbocycles. The number of hydrogen-bond acceptors (Lipinski definition) is 3. The van der Waals surface area contributed by atoms with E-state index in [4.69, 9.17) is 4.42 Å². The first kappa shape index (κ1) is 12.9. The van der Waals surface area contributed by atoms with Crippen molar-refractivity contribution < 1.29 is 9.21 Å². The third-order valence-electron chi connectivity index (χ3n) is 4.94. The summed E-state index contributed by atoms with van der Waals surface area (Å²) in [5, 5.41) is 4.43. The molecule has 0 radical (unpaired) electrons. The minimum atomic E-state index is 0.0348. The molecular weight excluding hydrogens is 264 g/mol. The van der Waals surface area contributed by atoms with E-state index in [0.717, 1.165) is 43.6 Å². The molecule has 1 amide bonds. The number of furan rings is 1. The van der Waals surface area contributed by atoms with E-state index in [1.54, 1.807) is 0 Å². The summed E-state index contributed by atoms with van der Waals surface area (Å²) in [6.07, 6.45) is 2.28. The highest BCUT2D eigenvalue weighted by atomic mass is 16.3. The molecule has 1 unspecified atom stereocenters.